The van der Waals surface area contributed by atoms with Crippen LogP contribution in [0.3, 0.4) is 0 Å². The maximum Gasteiger partial charge on any atom is 0.282 e. The van der Waals surface area contributed by atoms with Gasteiger partial charge in [-0.2, -0.15) is 0 Å². The van der Waals surface area contributed by atoms with Crippen molar-refractivity contribution in [2.24, 2.45) is 0 Å². The topological polar surface area (TPSA) is 95.2 Å². The van der Waals surface area contributed by atoms with E-state index in [0.29, 0.717) is 5.76 Å². The van der Waals surface area contributed by atoms with Gasteiger partial charge in [0, 0.05) is 12.1 Å². The molecular formula is C14H9N3O4. The molecule has 0 saturated carbocycles. The zero-order valence-corrected chi connectivity index (χ0v) is 10.7. The highest BCUT2D eigenvalue weighted by molar-refractivity contribution is 5.68. The van der Waals surface area contributed by atoms with Crippen molar-refractivity contribution in [1.82, 2.24) is 10.2 Å². The molecule has 0 saturated heterocycles. The van der Waals surface area contributed by atoms with E-state index >= 15 is 0 Å². The number of furan rings is 1. The first-order valence-corrected chi connectivity index (χ1v) is 6.03. The van der Waals surface area contributed by atoms with Crippen LogP contribution in [-0.4, -0.2) is 15.1 Å². The van der Waals surface area contributed by atoms with Crippen molar-refractivity contribution in [3.8, 4) is 11.5 Å². The molecule has 0 aliphatic carbocycles. The second-order valence-corrected chi connectivity index (χ2v) is 4.07. The Morgan fingerprint density at radius 1 is 1.10 bits per heavy atom. The third kappa shape index (κ3) is 2.71. The lowest BCUT2D eigenvalue weighted by atomic mass is 10.2. The summed E-state index contributed by atoms with van der Waals surface area (Å²) in [5, 5.41) is 18.6. The second-order valence-electron chi connectivity index (χ2n) is 4.07. The van der Waals surface area contributed by atoms with Crippen molar-refractivity contribution in [2.45, 2.75) is 0 Å². The molecule has 0 fully saturated rings. The number of aromatic nitrogens is 2. The van der Waals surface area contributed by atoms with Crippen molar-refractivity contribution in [1.29, 1.82) is 0 Å². The van der Waals surface area contributed by atoms with Crippen LogP contribution < -0.4 is 0 Å². The molecule has 104 valence electrons. The van der Waals surface area contributed by atoms with Gasteiger partial charge >= 0.3 is 0 Å². The van der Waals surface area contributed by atoms with Crippen LogP contribution in [0.5, 0.6) is 0 Å². The van der Waals surface area contributed by atoms with Crippen molar-refractivity contribution < 1.29 is 13.8 Å². The number of para-hydroxylation sites is 1. The van der Waals surface area contributed by atoms with Crippen molar-refractivity contribution in [2.75, 3.05) is 0 Å². The Morgan fingerprint density at radius 3 is 2.71 bits per heavy atom. The number of rotatable bonds is 4. The normalized spacial score (nSPS) is 11.0. The van der Waals surface area contributed by atoms with Crippen LogP contribution in [0.4, 0.5) is 5.69 Å². The summed E-state index contributed by atoms with van der Waals surface area (Å²) in [4.78, 5) is 10.5. The highest BCUT2D eigenvalue weighted by atomic mass is 16.6. The molecule has 0 unspecified atom stereocenters. The highest BCUT2D eigenvalue weighted by Crippen LogP contribution is 2.28. The van der Waals surface area contributed by atoms with Crippen LogP contribution in [0.25, 0.3) is 23.6 Å². The minimum absolute atomic E-state index is 0.0808. The van der Waals surface area contributed by atoms with Crippen molar-refractivity contribution in [3.63, 3.8) is 0 Å². The molecule has 2 aromatic heterocycles. The van der Waals surface area contributed by atoms with Gasteiger partial charge in [0.2, 0.25) is 5.89 Å². The maximum absolute atomic E-state index is 11.0. The van der Waals surface area contributed by atoms with Gasteiger partial charge in [0.25, 0.3) is 11.6 Å². The zero-order chi connectivity index (χ0) is 14.7. The number of nitro benzene ring substituents is 1. The first-order valence-electron chi connectivity index (χ1n) is 6.03. The third-order valence-electron chi connectivity index (χ3n) is 2.71. The zero-order valence-electron chi connectivity index (χ0n) is 10.7. The van der Waals surface area contributed by atoms with Crippen LogP contribution in [-0.2, 0) is 0 Å². The second kappa shape index (κ2) is 5.41. The first kappa shape index (κ1) is 12.8. The van der Waals surface area contributed by atoms with E-state index < -0.39 is 4.92 Å². The third-order valence-corrected chi connectivity index (χ3v) is 2.71. The summed E-state index contributed by atoms with van der Waals surface area (Å²) in [6.45, 7) is 0. The minimum Gasteiger partial charge on any atom is -0.465 e. The summed E-state index contributed by atoms with van der Waals surface area (Å²) in [7, 11) is 0. The number of nitrogens with zero attached hydrogens (tertiary/aromatic N) is 3. The van der Waals surface area contributed by atoms with Crippen LogP contribution in [0.1, 0.15) is 11.7 Å². The SMILES string of the molecule is O=[N+]([O-])c1ccccc1-c1nnc(/C=C/c2ccco2)o1. The largest absolute Gasteiger partial charge is 0.465 e. The summed E-state index contributed by atoms with van der Waals surface area (Å²) in [6.07, 6.45) is 4.78. The van der Waals surface area contributed by atoms with Crippen LogP contribution in [0.15, 0.2) is 51.5 Å². The van der Waals surface area contributed by atoms with E-state index in [9.17, 15) is 10.1 Å². The minimum atomic E-state index is -0.488. The fourth-order valence-electron chi connectivity index (χ4n) is 1.76. The van der Waals surface area contributed by atoms with Crippen molar-refractivity contribution >= 4 is 17.8 Å². The Labute approximate surface area is 118 Å². The Morgan fingerprint density at radius 2 is 1.95 bits per heavy atom. The van der Waals surface area contributed by atoms with Gasteiger partial charge in [-0.05, 0) is 24.3 Å². The van der Waals surface area contributed by atoms with Gasteiger partial charge in [0.1, 0.15) is 11.3 Å². The molecule has 1 aromatic carbocycles. The number of benzene rings is 1. The highest BCUT2D eigenvalue weighted by Gasteiger charge is 2.18. The predicted octanol–water partition coefficient (Wildman–Crippen LogP) is 3.41. The van der Waals surface area contributed by atoms with Gasteiger partial charge in [-0.25, -0.2) is 0 Å². The molecule has 0 atom stereocenters. The molecule has 0 aliphatic heterocycles. The summed E-state index contributed by atoms with van der Waals surface area (Å²) in [6, 6.07) is 9.73. The van der Waals surface area contributed by atoms with E-state index in [0.717, 1.165) is 0 Å². The summed E-state index contributed by atoms with van der Waals surface area (Å²) < 4.78 is 10.5. The maximum atomic E-state index is 11.0. The molecule has 0 aliphatic rings. The molecule has 2 heterocycles. The molecule has 7 heteroatoms. The fourth-order valence-corrected chi connectivity index (χ4v) is 1.76. The molecule has 0 amide bonds. The van der Waals surface area contributed by atoms with Gasteiger partial charge < -0.3 is 8.83 Å². The number of nitro groups is 1. The first-order chi connectivity index (χ1) is 10.2. The summed E-state index contributed by atoms with van der Waals surface area (Å²) in [5.74, 6) is 0.974. The molecule has 3 aromatic rings. The van der Waals surface area contributed by atoms with E-state index in [1.165, 1.54) is 6.07 Å². The standard InChI is InChI=1S/C14H9N3O4/c18-17(19)12-6-2-1-5-11(12)14-16-15-13(21-14)8-7-10-4-3-9-20-10/h1-9H/b8-7+. The van der Waals surface area contributed by atoms with Gasteiger partial charge in [0.15, 0.2) is 0 Å². The lowest BCUT2D eigenvalue weighted by molar-refractivity contribution is -0.384. The summed E-state index contributed by atoms with van der Waals surface area (Å²) in [5.41, 5.74) is 0.204. The van der Waals surface area contributed by atoms with Crippen LogP contribution >= 0.6 is 0 Å². The van der Waals surface area contributed by atoms with Gasteiger partial charge in [-0.3, -0.25) is 10.1 Å². The average molecular weight is 283 g/mol. The van der Waals surface area contributed by atoms with Crippen LogP contribution in [0, 0.1) is 10.1 Å². The smallest absolute Gasteiger partial charge is 0.282 e. The lowest BCUT2D eigenvalue weighted by Gasteiger charge is -1.96. The number of hydrogen-bond donors (Lipinski definition) is 0. The molecular weight excluding hydrogens is 274 g/mol. The Balaban J connectivity index is 1.90. The monoisotopic (exact) mass is 283 g/mol. The van der Waals surface area contributed by atoms with E-state index in [2.05, 4.69) is 10.2 Å². The molecule has 0 bridgehead atoms. The molecule has 0 N–H and O–H groups in total. The average Bonchev–Trinajstić information content (AvgIpc) is 3.16. The Hall–Kier alpha value is -3.22. The molecule has 3 rings (SSSR count). The molecule has 0 spiro atoms. The van der Waals surface area contributed by atoms with E-state index in [-0.39, 0.29) is 23.0 Å². The van der Waals surface area contributed by atoms with E-state index in [1.54, 1.807) is 48.7 Å². The van der Waals surface area contributed by atoms with Gasteiger partial charge in [-0.15, -0.1) is 10.2 Å². The molecule has 7 nitrogen and oxygen atoms in total. The Bertz CT molecular complexity index is 790. The predicted molar refractivity (Wildman–Crippen MR) is 74.0 cm³/mol. The van der Waals surface area contributed by atoms with E-state index in [4.69, 9.17) is 8.83 Å². The fraction of sp³-hybridized carbons (Fsp3) is 0. The summed E-state index contributed by atoms with van der Waals surface area (Å²) >= 11 is 0. The lowest BCUT2D eigenvalue weighted by Crippen LogP contribution is -1.91. The van der Waals surface area contributed by atoms with Gasteiger partial charge in [0.05, 0.1) is 11.2 Å². The van der Waals surface area contributed by atoms with E-state index in [1.807, 2.05) is 0 Å². The number of hydrogen-bond acceptors (Lipinski definition) is 6. The van der Waals surface area contributed by atoms with Crippen LogP contribution in [0.2, 0.25) is 0 Å². The molecule has 0 radical (unpaired) electrons. The van der Waals surface area contributed by atoms with Gasteiger partial charge in [-0.1, -0.05) is 12.1 Å². The molecule has 21 heavy (non-hydrogen) atoms. The van der Waals surface area contributed by atoms with Crippen molar-refractivity contribution in [3.05, 3.63) is 64.4 Å². The Kier molecular flexibility index (Phi) is 3.30. The quantitative estimate of drug-likeness (QED) is 0.537.